The fraction of sp³-hybridized carbons (Fsp3) is 0.600. The van der Waals surface area contributed by atoms with Crippen LogP contribution in [0.4, 0.5) is 0 Å². The number of nitrogens with one attached hydrogen (secondary N) is 1. The second kappa shape index (κ2) is 4.44. The van der Waals surface area contributed by atoms with Gasteiger partial charge in [0.2, 0.25) is 5.91 Å². The summed E-state index contributed by atoms with van der Waals surface area (Å²) in [5.74, 6) is 0.152. The number of carbonyl (C=O) groups is 1. The third-order valence-corrected chi connectivity index (χ3v) is 2.54. The van der Waals surface area contributed by atoms with Crippen molar-refractivity contribution in [3.8, 4) is 0 Å². The van der Waals surface area contributed by atoms with Gasteiger partial charge in [-0.05, 0) is 13.0 Å². The van der Waals surface area contributed by atoms with E-state index in [1.54, 1.807) is 4.68 Å². The van der Waals surface area contributed by atoms with Gasteiger partial charge in [-0.1, -0.05) is 0 Å². The molecule has 0 aliphatic carbocycles. The van der Waals surface area contributed by atoms with E-state index in [1.165, 1.54) is 0 Å². The van der Waals surface area contributed by atoms with Gasteiger partial charge in [0.15, 0.2) is 0 Å². The highest BCUT2D eigenvalue weighted by Gasteiger charge is 2.16. The van der Waals surface area contributed by atoms with Gasteiger partial charge in [-0.25, -0.2) is 0 Å². The van der Waals surface area contributed by atoms with E-state index in [9.17, 15) is 4.79 Å². The van der Waals surface area contributed by atoms with E-state index in [4.69, 9.17) is 0 Å². The Balaban J connectivity index is 1.91. The van der Waals surface area contributed by atoms with Crippen molar-refractivity contribution in [2.45, 2.75) is 13.5 Å². The molecule has 1 aliphatic rings. The highest BCUT2D eigenvalue weighted by atomic mass is 16.2. The number of hydrogen-bond donors (Lipinski definition) is 1. The molecule has 1 amide bonds. The monoisotopic (exact) mass is 208 g/mol. The summed E-state index contributed by atoms with van der Waals surface area (Å²) in [6.45, 7) is 5.67. The van der Waals surface area contributed by atoms with Crippen molar-refractivity contribution in [1.82, 2.24) is 20.0 Å². The molecule has 5 nitrogen and oxygen atoms in total. The molecule has 0 bridgehead atoms. The van der Waals surface area contributed by atoms with Gasteiger partial charge in [0.05, 0.1) is 5.69 Å². The molecule has 0 aromatic carbocycles. The van der Waals surface area contributed by atoms with Gasteiger partial charge in [-0.15, -0.1) is 0 Å². The molecule has 1 fully saturated rings. The fourth-order valence-corrected chi connectivity index (χ4v) is 1.70. The molecule has 1 aromatic rings. The maximum atomic E-state index is 11.8. The molecule has 0 radical (unpaired) electrons. The molecular formula is C10H16N4O. The van der Waals surface area contributed by atoms with Gasteiger partial charge in [0, 0.05) is 32.4 Å². The Kier molecular flexibility index (Phi) is 3.01. The zero-order valence-electron chi connectivity index (χ0n) is 8.94. The first-order valence-electron chi connectivity index (χ1n) is 5.24. The molecule has 2 rings (SSSR count). The minimum Gasteiger partial charge on any atom is -0.339 e. The summed E-state index contributed by atoms with van der Waals surface area (Å²) in [7, 11) is 0. The molecule has 1 aromatic heterocycles. The van der Waals surface area contributed by atoms with E-state index in [2.05, 4.69) is 10.4 Å². The van der Waals surface area contributed by atoms with Crippen LogP contribution >= 0.6 is 0 Å². The number of aromatic nitrogens is 2. The molecule has 1 N–H and O–H groups in total. The lowest BCUT2D eigenvalue weighted by molar-refractivity contribution is -0.132. The standard InChI is InChI=1S/C10H16N4O/c1-9-2-5-14(12-9)8-10(15)13-6-3-11-4-7-13/h2,5,11H,3-4,6-8H2,1H3. The topological polar surface area (TPSA) is 50.2 Å². The molecule has 2 heterocycles. The first-order valence-corrected chi connectivity index (χ1v) is 5.24. The minimum absolute atomic E-state index is 0.152. The summed E-state index contributed by atoms with van der Waals surface area (Å²) in [6.07, 6.45) is 1.84. The van der Waals surface area contributed by atoms with E-state index < -0.39 is 0 Å². The second-order valence-corrected chi connectivity index (χ2v) is 3.79. The van der Waals surface area contributed by atoms with Crippen LogP contribution in [0.3, 0.4) is 0 Å². The summed E-state index contributed by atoms with van der Waals surface area (Å²) < 4.78 is 1.69. The van der Waals surface area contributed by atoms with Crippen LogP contribution in [0.25, 0.3) is 0 Å². The first-order chi connectivity index (χ1) is 7.25. The van der Waals surface area contributed by atoms with Crippen LogP contribution in [-0.4, -0.2) is 46.8 Å². The van der Waals surface area contributed by atoms with Gasteiger partial charge in [-0.2, -0.15) is 5.10 Å². The molecule has 1 saturated heterocycles. The number of carbonyl (C=O) groups excluding carboxylic acids is 1. The second-order valence-electron chi connectivity index (χ2n) is 3.79. The zero-order valence-corrected chi connectivity index (χ0v) is 8.94. The van der Waals surface area contributed by atoms with Crippen molar-refractivity contribution in [3.05, 3.63) is 18.0 Å². The van der Waals surface area contributed by atoms with Crippen LogP contribution in [-0.2, 0) is 11.3 Å². The Morgan fingerprint density at radius 3 is 2.87 bits per heavy atom. The number of piperazine rings is 1. The number of aryl methyl sites for hydroxylation is 1. The summed E-state index contributed by atoms with van der Waals surface area (Å²) in [5, 5.41) is 7.42. The third kappa shape index (κ3) is 2.56. The molecule has 0 unspecified atom stereocenters. The van der Waals surface area contributed by atoms with Crippen molar-refractivity contribution in [1.29, 1.82) is 0 Å². The predicted molar refractivity (Wildman–Crippen MR) is 56.4 cm³/mol. The number of nitrogens with zero attached hydrogens (tertiary/aromatic N) is 3. The summed E-state index contributed by atoms with van der Waals surface area (Å²) in [4.78, 5) is 13.7. The fourth-order valence-electron chi connectivity index (χ4n) is 1.70. The molecule has 0 saturated carbocycles. The van der Waals surface area contributed by atoms with Crippen LogP contribution in [0.5, 0.6) is 0 Å². The maximum Gasteiger partial charge on any atom is 0.244 e. The van der Waals surface area contributed by atoms with Crippen LogP contribution in [0.15, 0.2) is 12.3 Å². The summed E-state index contributed by atoms with van der Waals surface area (Å²) >= 11 is 0. The van der Waals surface area contributed by atoms with Crippen LogP contribution in [0.1, 0.15) is 5.69 Å². The van der Waals surface area contributed by atoms with Crippen molar-refractivity contribution in [2.24, 2.45) is 0 Å². The Labute approximate surface area is 89.1 Å². The van der Waals surface area contributed by atoms with Crippen molar-refractivity contribution >= 4 is 5.91 Å². The molecule has 1 aliphatic heterocycles. The third-order valence-electron chi connectivity index (χ3n) is 2.54. The number of rotatable bonds is 2. The van der Waals surface area contributed by atoms with E-state index in [0.29, 0.717) is 6.54 Å². The molecule has 82 valence electrons. The van der Waals surface area contributed by atoms with Gasteiger partial charge >= 0.3 is 0 Å². The predicted octanol–water partition coefficient (Wildman–Crippen LogP) is -0.377. The summed E-state index contributed by atoms with van der Waals surface area (Å²) in [6, 6.07) is 1.91. The molecule has 15 heavy (non-hydrogen) atoms. The van der Waals surface area contributed by atoms with E-state index >= 15 is 0 Å². The van der Waals surface area contributed by atoms with Gasteiger partial charge in [0.1, 0.15) is 6.54 Å². The Morgan fingerprint density at radius 2 is 2.27 bits per heavy atom. The minimum atomic E-state index is 0.152. The van der Waals surface area contributed by atoms with E-state index in [0.717, 1.165) is 31.9 Å². The smallest absolute Gasteiger partial charge is 0.244 e. The van der Waals surface area contributed by atoms with Gasteiger partial charge < -0.3 is 10.2 Å². The van der Waals surface area contributed by atoms with Crippen LogP contribution in [0.2, 0.25) is 0 Å². The largest absolute Gasteiger partial charge is 0.339 e. The molecule has 5 heteroatoms. The highest BCUT2D eigenvalue weighted by molar-refractivity contribution is 5.76. The zero-order chi connectivity index (χ0) is 10.7. The first kappa shape index (κ1) is 10.2. The lowest BCUT2D eigenvalue weighted by Crippen LogP contribution is -2.47. The molecule has 0 spiro atoms. The quantitative estimate of drug-likeness (QED) is 0.721. The normalized spacial score (nSPS) is 16.7. The van der Waals surface area contributed by atoms with Crippen LogP contribution in [0, 0.1) is 6.92 Å². The molecule has 0 atom stereocenters. The van der Waals surface area contributed by atoms with Crippen molar-refractivity contribution < 1.29 is 4.79 Å². The van der Waals surface area contributed by atoms with E-state index in [-0.39, 0.29) is 5.91 Å². The SMILES string of the molecule is Cc1ccn(CC(=O)N2CCNCC2)n1. The summed E-state index contributed by atoms with van der Waals surface area (Å²) in [5.41, 5.74) is 0.947. The Bertz CT molecular complexity index is 341. The molecular weight excluding hydrogens is 192 g/mol. The van der Waals surface area contributed by atoms with Crippen LogP contribution < -0.4 is 5.32 Å². The number of amides is 1. The van der Waals surface area contributed by atoms with E-state index in [1.807, 2.05) is 24.1 Å². The number of hydrogen-bond acceptors (Lipinski definition) is 3. The Morgan fingerprint density at radius 1 is 1.53 bits per heavy atom. The van der Waals surface area contributed by atoms with Crippen molar-refractivity contribution in [2.75, 3.05) is 26.2 Å². The van der Waals surface area contributed by atoms with Gasteiger partial charge in [-0.3, -0.25) is 9.48 Å². The lowest BCUT2D eigenvalue weighted by Gasteiger charge is -2.27. The maximum absolute atomic E-state index is 11.8. The average molecular weight is 208 g/mol. The lowest BCUT2D eigenvalue weighted by atomic mass is 10.3. The average Bonchev–Trinajstić information content (AvgIpc) is 2.65. The van der Waals surface area contributed by atoms with Crippen molar-refractivity contribution in [3.63, 3.8) is 0 Å². The Hall–Kier alpha value is -1.36. The highest BCUT2D eigenvalue weighted by Crippen LogP contribution is 1.98. The van der Waals surface area contributed by atoms with Gasteiger partial charge in [0.25, 0.3) is 0 Å².